The molecule has 9 nitrogen and oxygen atoms in total. The quantitative estimate of drug-likeness (QED) is 0.201. The first kappa shape index (κ1) is 34.8. The Kier molecular flexibility index (Phi) is 11.5. The van der Waals surface area contributed by atoms with E-state index in [9.17, 15) is 14.3 Å². The number of piperidine rings is 1. The number of nitrogens with zero attached hydrogens (tertiary/aromatic N) is 4. The number of benzene rings is 1. The van der Waals surface area contributed by atoms with Crippen LogP contribution < -0.4 is 16.4 Å². The lowest BCUT2D eigenvalue weighted by Gasteiger charge is -2.38. The van der Waals surface area contributed by atoms with Crippen LogP contribution in [-0.2, 0) is 23.1 Å². The van der Waals surface area contributed by atoms with Crippen molar-refractivity contribution in [2.45, 2.75) is 102 Å². The molecule has 256 valence electrons. The minimum Gasteiger partial charge on any atom is -0.481 e. The molecule has 1 aromatic carbocycles. The second kappa shape index (κ2) is 15.6. The highest BCUT2D eigenvalue weighted by molar-refractivity contribution is 5.81. The third-order valence-corrected chi connectivity index (χ3v) is 10.9. The van der Waals surface area contributed by atoms with Crippen molar-refractivity contribution in [2.24, 2.45) is 28.5 Å². The van der Waals surface area contributed by atoms with Crippen LogP contribution in [-0.4, -0.2) is 70.9 Å². The number of rotatable bonds is 12. The summed E-state index contributed by atoms with van der Waals surface area (Å²) in [5.74, 6) is 1.26. The van der Waals surface area contributed by atoms with Crippen LogP contribution >= 0.6 is 0 Å². The smallest absolute Gasteiger partial charge is 0.306 e. The van der Waals surface area contributed by atoms with Crippen LogP contribution in [0.3, 0.4) is 0 Å². The summed E-state index contributed by atoms with van der Waals surface area (Å²) in [5, 5.41) is 17.0. The predicted octanol–water partition coefficient (Wildman–Crippen LogP) is 6.20. The molecule has 2 aromatic rings. The maximum absolute atomic E-state index is 13.9. The fraction of sp³-hybridized carbons (Fsp3) is 0.622. The van der Waals surface area contributed by atoms with E-state index < -0.39 is 5.97 Å². The molecule has 47 heavy (non-hydrogen) atoms. The molecule has 5 N–H and O–H groups in total. The largest absolute Gasteiger partial charge is 0.481 e. The lowest BCUT2D eigenvalue weighted by atomic mass is 9.70. The van der Waals surface area contributed by atoms with Crippen LogP contribution in [0.1, 0.15) is 89.0 Å². The zero-order valence-electron chi connectivity index (χ0n) is 28.6. The molecule has 1 aliphatic heterocycles. The molecule has 1 aromatic heterocycles. The summed E-state index contributed by atoms with van der Waals surface area (Å²) in [7, 11) is 1.76. The van der Waals surface area contributed by atoms with E-state index in [4.69, 9.17) is 15.7 Å². The average molecular weight is 648 g/mol. The Morgan fingerprint density at radius 3 is 2.57 bits per heavy atom. The van der Waals surface area contributed by atoms with Crippen LogP contribution in [0.15, 0.2) is 41.0 Å². The number of anilines is 2. The van der Waals surface area contributed by atoms with Gasteiger partial charge in [0.2, 0.25) is 5.95 Å². The Balaban J connectivity index is 1.49. The molecule has 1 saturated heterocycles. The summed E-state index contributed by atoms with van der Waals surface area (Å²) < 4.78 is 13.9. The molecule has 10 heteroatoms. The van der Waals surface area contributed by atoms with Crippen LogP contribution in [0.25, 0.3) is 0 Å². The third-order valence-electron chi connectivity index (χ3n) is 10.9. The first-order chi connectivity index (χ1) is 22.6. The monoisotopic (exact) mass is 647 g/mol. The van der Waals surface area contributed by atoms with Crippen molar-refractivity contribution in [3.8, 4) is 0 Å². The van der Waals surface area contributed by atoms with Crippen LogP contribution in [0.4, 0.5) is 16.2 Å². The van der Waals surface area contributed by atoms with Crippen LogP contribution in [0.2, 0.25) is 0 Å². The highest BCUT2D eigenvalue weighted by atomic mass is 19.1. The van der Waals surface area contributed by atoms with Crippen molar-refractivity contribution in [1.29, 1.82) is 0 Å². The van der Waals surface area contributed by atoms with Gasteiger partial charge in [0, 0.05) is 49.7 Å². The molecular weight excluding hydrogens is 593 g/mol. The first-order valence-corrected chi connectivity index (χ1v) is 17.6. The van der Waals surface area contributed by atoms with Gasteiger partial charge in [-0.15, -0.1) is 0 Å². The number of carboxylic acids is 1. The van der Waals surface area contributed by atoms with E-state index in [0.717, 1.165) is 86.4 Å². The van der Waals surface area contributed by atoms with E-state index in [1.807, 2.05) is 18.3 Å². The van der Waals surface area contributed by atoms with Gasteiger partial charge >= 0.3 is 5.97 Å². The SMILES string of the molecule is CC[C@@H](Nc1nc2c(c(N[C@@H](CN3CCC[C@H](C)C3)/C(C=NC)=C/N)n1)C[C@](C)(c1ccc(F)cc1)CC2)C1CCC(C(=O)O)CC1. The van der Waals surface area contributed by atoms with Crippen LogP contribution in [0, 0.1) is 23.6 Å². The summed E-state index contributed by atoms with van der Waals surface area (Å²) in [5.41, 5.74) is 10.2. The van der Waals surface area contributed by atoms with E-state index in [1.165, 1.54) is 12.8 Å². The van der Waals surface area contributed by atoms with Crippen molar-refractivity contribution < 1.29 is 14.3 Å². The van der Waals surface area contributed by atoms with Crippen molar-refractivity contribution >= 4 is 24.0 Å². The number of likely N-dealkylation sites (tertiary alicyclic amines) is 1. The summed E-state index contributed by atoms with van der Waals surface area (Å²) in [6, 6.07) is 6.93. The summed E-state index contributed by atoms with van der Waals surface area (Å²) >= 11 is 0. The fourth-order valence-corrected chi connectivity index (χ4v) is 8.07. The Bertz CT molecular complexity index is 1420. The Morgan fingerprint density at radius 2 is 1.94 bits per heavy atom. The minimum absolute atomic E-state index is 0.131. The van der Waals surface area contributed by atoms with Crippen LogP contribution in [0.5, 0.6) is 0 Å². The van der Waals surface area contributed by atoms with E-state index in [2.05, 4.69) is 41.3 Å². The van der Waals surface area contributed by atoms with Crippen molar-refractivity contribution in [2.75, 3.05) is 37.3 Å². The summed E-state index contributed by atoms with van der Waals surface area (Å²) in [4.78, 5) is 28.7. The molecule has 0 spiro atoms. The topological polar surface area (TPSA) is 129 Å². The average Bonchev–Trinajstić information content (AvgIpc) is 3.06. The Morgan fingerprint density at radius 1 is 1.19 bits per heavy atom. The number of aliphatic carboxylic acids is 1. The van der Waals surface area contributed by atoms with Crippen molar-refractivity contribution in [3.05, 3.63) is 58.7 Å². The van der Waals surface area contributed by atoms with Gasteiger partial charge in [-0.1, -0.05) is 32.9 Å². The Labute approximate surface area is 279 Å². The predicted molar refractivity (Wildman–Crippen MR) is 188 cm³/mol. The lowest BCUT2D eigenvalue weighted by Crippen LogP contribution is -2.43. The molecule has 3 aliphatic rings. The zero-order chi connectivity index (χ0) is 33.6. The maximum atomic E-state index is 13.9. The van der Waals surface area contributed by atoms with Gasteiger partial charge in [-0.25, -0.2) is 9.37 Å². The van der Waals surface area contributed by atoms with E-state index >= 15 is 0 Å². The number of aromatic nitrogens is 2. The zero-order valence-corrected chi connectivity index (χ0v) is 28.6. The van der Waals surface area contributed by atoms with Gasteiger partial charge in [-0.2, -0.15) is 4.98 Å². The number of aliphatic imine (C=N–C) groups is 1. The normalized spacial score (nSPS) is 26.8. The lowest BCUT2D eigenvalue weighted by molar-refractivity contribution is -0.143. The summed E-state index contributed by atoms with van der Waals surface area (Å²) in [6.45, 7) is 9.60. The fourth-order valence-electron chi connectivity index (χ4n) is 8.07. The molecule has 0 bridgehead atoms. The van der Waals surface area contributed by atoms with Gasteiger partial charge in [-0.3, -0.25) is 9.79 Å². The number of hydrogen-bond acceptors (Lipinski definition) is 8. The molecule has 5 rings (SSSR count). The molecule has 2 fully saturated rings. The number of aryl methyl sites for hydroxylation is 1. The Hall–Kier alpha value is -3.53. The molecule has 0 amide bonds. The second-order valence-electron chi connectivity index (χ2n) is 14.4. The molecule has 0 unspecified atom stereocenters. The van der Waals surface area contributed by atoms with E-state index in [0.29, 0.717) is 30.6 Å². The molecule has 4 atom stereocenters. The van der Waals surface area contributed by atoms with Gasteiger partial charge in [0.25, 0.3) is 0 Å². The number of carbonyl (C=O) groups is 1. The number of hydrogen-bond donors (Lipinski definition) is 4. The first-order valence-electron chi connectivity index (χ1n) is 17.6. The molecule has 1 saturated carbocycles. The number of nitrogens with one attached hydrogen (secondary N) is 2. The van der Waals surface area contributed by atoms with Crippen molar-refractivity contribution in [3.63, 3.8) is 0 Å². The molecular formula is C37H54FN7O2. The third kappa shape index (κ3) is 8.50. The molecule has 2 aliphatic carbocycles. The number of carboxylic acid groups (broad SMARTS) is 1. The molecule has 0 radical (unpaired) electrons. The van der Waals surface area contributed by atoms with Gasteiger partial charge in [-0.05, 0) is 106 Å². The van der Waals surface area contributed by atoms with Gasteiger partial charge in [0.1, 0.15) is 11.6 Å². The number of halogens is 1. The molecule has 2 heterocycles. The minimum atomic E-state index is -0.682. The van der Waals surface area contributed by atoms with Gasteiger partial charge in [0.15, 0.2) is 0 Å². The summed E-state index contributed by atoms with van der Waals surface area (Å²) in [6.07, 6.45) is 12.4. The van der Waals surface area contributed by atoms with E-state index in [-0.39, 0.29) is 29.2 Å². The van der Waals surface area contributed by atoms with Crippen molar-refractivity contribution in [1.82, 2.24) is 14.9 Å². The van der Waals surface area contributed by atoms with Gasteiger partial charge < -0.3 is 26.4 Å². The standard InChI is InChI=1S/C37H54FN7O2/c1-5-31(25-8-10-26(11-9-25)35(46)47)42-36-43-32-16-17-37(3,28-12-14-29(38)15-13-28)19-30(32)34(44-36)41-33(27(20-39)21-40-4)23-45-18-6-7-24(2)22-45/h12-15,20-21,24-26,31,33H,5-11,16-19,22-23,39H2,1-4H3,(H,46,47)(H2,41,42,43,44)/b27-20+,40-21?/t24-,25?,26?,31+,33-,37+/m0/s1. The second-order valence-corrected chi connectivity index (χ2v) is 14.4. The number of fused-ring (bicyclic) bond motifs is 1. The van der Waals surface area contributed by atoms with Gasteiger partial charge in [0.05, 0.1) is 17.7 Å². The van der Waals surface area contributed by atoms with E-state index in [1.54, 1.807) is 25.4 Å². The highest BCUT2D eigenvalue weighted by Crippen LogP contribution is 2.41. The maximum Gasteiger partial charge on any atom is 0.306 e. The highest BCUT2D eigenvalue weighted by Gasteiger charge is 2.36. The number of nitrogens with two attached hydrogens (primary N) is 1.